The Bertz CT molecular complexity index is 934. The first-order chi connectivity index (χ1) is 11.6. The van der Waals surface area contributed by atoms with Gasteiger partial charge in [0, 0.05) is 24.9 Å². The summed E-state index contributed by atoms with van der Waals surface area (Å²) in [6.07, 6.45) is 9.59. The Hall–Kier alpha value is -2.24. The van der Waals surface area contributed by atoms with Gasteiger partial charge in [-0.3, -0.25) is 4.79 Å². The van der Waals surface area contributed by atoms with Gasteiger partial charge in [0.15, 0.2) is 5.82 Å². The molecule has 0 radical (unpaired) electrons. The smallest absolute Gasteiger partial charge is 0.261 e. The quantitative estimate of drug-likeness (QED) is 0.742. The van der Waals surface area contributed by atoms with E-state index in [9.17, 15) is 4.79 Å². The summed E-state index contributed by atoms with van der Waals surface area (Å²) in [5.74, 6) is 2.31. The van der Waals surface area contributed by atoms with Gasteiger partial charge in [0.05, 0.1) is 10.9 Å². The zero-order valence-electron chi connectivity index (χ0n) is 14.3. The molecule has 126 valence electrons. The topological polar surface area (TPSA) is 65.1 Å². The molecule has 6 heteroatoms. The van der Waals surface area contributed by atoms with Crippen molar-refractivity contribution in [3.05, 3.63) is 34.6 Å². The Morgan fingerprint density at radius 1 is 1.25 bits per heavy atom. The van der Waals surface area contributed by atoms with Gasteiger partial charge in [-0.15, -0.1) is 5.10 Å². The summed E-state index contributed by atoms with van der Waals surface area (Å²) in [4.78, 5) is 21.7. The molecule has 1 fully saturated rings. The van der Waals surface area contributed by atoms with Crippen molar-refractivity contribution in [2.24, 2.45) is 5.92 Å². The van der Waals surface area contributed by atoms with Crippen LogP contribution in [0.4, 0.5) is 0 Å². The average molecular weight is 325 g/mol. The lowest BCUT2D eigenvalue weighted by Gasteiger charge is -2.17. The molecule has 3 aromatic heterocycles. The summed E-state index contributed by atoms with van der Waals surface area (Å²) in [6.45, 7) is 4.91. The molecule has 3 heterocycles. The van der Waals surface area contributed by atoms with Crippen molar-refractivity contribution in [2.45, 2.75) is 58.4 Å². The molecule has 0 atom stereocenters. The highest BCUT2D eigenvalue weighted by atomic mass is 16.1. The van der Waals surface area contributed by atoms with Crippen LogP contribution in [0.3, 0.4) is 0 Å². The van der Waals surface area contributed by atoms with Gasteiger partial charge in [0.25, 0.3) is 11.3 Å². The molecule has 4 rings (SSSR count). The molecular formula is C18H23N5O. The van der Waals surface area contributed by atoms with Crippen molar-refractivity contribution in [1.29, 1.82) is 0 Å². The summed E-state index contributed by atoms with van der Waals surface area (Å²) in [7, 11) is 0. The molecule has 0 aliphatic heterocycles. The van der Waals surface area contributed by atoms with Crippen molar-refractivity contribution in [3.63, 3.8) is 0 Å². The normalized spacial score (nSPS) is 16.5. The summed E-state index contributed by atoms with van der Waals surface area (Å²) in [5, 5.41) is 5.29. The third kappa shape index (κ3) is 2.60. The molecule has 1 aliphatic carbocycles. The summed E-state index contributed by atoms with van der Waals surface area (Å²) >= 11 is 0. The van der Waals surface area contributed by atoms with E-state index in [-0.39, 0.29) is 5.56 Å². The summed E-state index contributed by atoms with van der Waals surface area (Å²) in [5.41, 5.74) is 0.782. The van der Waals surface area contributed by atoms with Gasteiger partial charge in [0.1, 0.15) is 0 Å². The van der Waals surface area contributed by atoms with E-state index in [1.54, 1.807) is 15.3 Å². The van der Waals surface area contributed by atoms with Crippen molar-refractivity contribution < 1.29 is 0 Å². The van der Waals surface area contributed by atoms with E-state index < -0.39 is 0 Å². The highest BCUT2D eigenvalue weighted by molar-refractivity contribution is 5.78. The summed E-state index contributed by atoms with van der Waals surface area (Å²) < 4.78 is 3.49. The molecule has 0 saturated heterocycles. The number of pyridine rings is 1. The van der Waals surface area contributed by atoms with E-state index in [1.165, 1.54) is 19.3 Å². The minimum absolute atomic E-state index is 0.00897. The Kier molecular flexibility index (Phi) is 3.82. The first-order valence-electron chi connectivity index (χ1n) is 8.88. The van der Waals surface area contributed by atoms with E-state index in [1.807, 2.05) is 12.3 Å². The lowest BCUT2D eigenvalue weighted by molar-refractivity contribution is 0.429. The third-order valence-electron chi connectivity index (χ3n) is 4.86. The maximum absolute atomic E-state index is 12.7. The zero-order chi connectivity index (χ0) is 16.7. The molecule has 0 aromatic carbocycles. The maximum Gasteiger partial charge on any atom is 0.261 e. The predicted molar refractivity (Wildman–Crippen MR) is 93.2 cm³/mol. The van der Waals surface area contributed by atoms with Crippen molar-refractivity contribution in [1.82, 2.24) is 24.1 Å². The standard InChI is InChI=1S/C18H23N5O/c1-12(2)11-22-9-8-15-14(17(22)24)10-19-18-20-16(21-23(15)18)13-6-4-3-5-7-13/h8-10,12-13H,3-7,11H2,1-2H3. The molecule has 6 nitrogen and oxygen atoms in total. The number of hydrogen-bond acceptors (Lipinski definition) is 4. The second kappa shape index (κ2) is 6.00. The van der Waals surface area contributed by atoms with Crippen LogP contribution in [0, 0.1) is 5.92 Å². The number of rotatable bonds is 3. The fourth-order valence-electron chi connectivity index (χ4n) is 3.65. The Labute approximate surface area is 140 Å². The first-order valence-corrected chi connectivity index (χ1v) is 8.88. The zero-order valence-corrected chi connectivity index (χ0v) is 14.3. The van der Waals surface area contributed by atoms with Gasteiger partial charge in [-0.05, 0) is 24.8 Å². The van der Waals surface area contributed by atoms with Crippen LogP contribution < -0.4 is 5.56 Å². The van der Waals surface area contributed by atoms with Crippen LogP contribution in [0.1, 0.15) is 57.7 Å². The van der Waals surface area contributed by atoms with Crippen molar-refractivity contribution in [3.8, 4) is 0 Å². The molecular weight excluding hydrogens is 302 g/mol. The van der Waals surface area contributed by atoms with Gasteiger partial charge < -0.3 is 4.57 Å². The number of hydrogen-bond donors (Lipinski definition) is 0. The van der Waals surface area contributed by atoms with Gasteiger partial charge in [-0.25, -0.2) is 4.98 Å². The van der Waals surface area contributed by atoms with Crippen LogP contribution in [0.15, 0.2) is 23.3 Å². The van der Waals surface area contributed by atoms with Crippen LogP contribution >= 0.6 is 0 Å². The summed E-state index contributed by atoms with van der Waals surface area (Å²) in [6, 6.07) is 1.95. The van der Waals surface area contributed by atoms with Crippen LogP contribution in [-0.2, 0) is 6.54 Å². The van der Waals surface area contributed by atoms with E-state index in [0.29, 0.717) is 29.5 Å². The Balaban J connectivity index is 1.83. The van der Waals surface area contributed by atoms with Crippen molar-refractivity contribution in [2.75, 3.05) is 0 Å². The van der Waals surface area contributed by atoms with Crippen LogP contribution in [-0.4, -0.2) is 24.1 Å². The van der Waals surface area contributed by atoms with E-state index in [0.717, 1.165) is 24.2 Å². The minimum atomic E-state index is -0.00897. The van der Waals surface area contributed by atoms with Crippen LogP contribution in [0.2, 0.25) is 0 Å². The number of nitrogens with zero attached hydrogens (tertiary/aromatic N) is 5. The third-order valence-corrected chi connectivity index (χ3v) is 4.86. The Morgan fingerprint density at radius 2 is 2.04 bits per heavy atom. The van der Waals surface area contributed by atoms with Gasteiger partial charge in [-0.1, -0.05) is 33.1 Å². The fourth-order valence-corrected chi connectivity index (χ4v) is 3.65. The number of fused-ring (bicyclic) bond motifs is 3. The minimum Gasteiger partial charge on any atom is -0.315 e. The van der Waals surface area contributed by atoms with Crippen LogP contribution in [0.5, 0.6) is 0 Å². The van der Waals surface area contributed by atoms with Gasteiger partial charge in [0.2, 0.25) is 0 Å². The second-order valence-electron chi connectivity index (χ2n) is 7.24. The second-order valence-corrected chi connectivity index (χ2v) is 7.24. The molecule has 1 aliphatic rings. The predicted octanol–water partition coefficient (Wildman–Crippen LogP) is 3.14. The molecule has 0 N–H and O–H groups in total. The molecule has 1 saturated carbocycles. The van der Waals surface area contributed by atoms with Crippen LogP contribution in [0.25, 0.3) is 16.7 Å². The van der Waals surface area contributed by atoms with E-state index >= 15 is 0 Å². The lowest BCUT2D eigenvalue weighted by atomic mass is 9.89. The first kappa shape index (κ1) is 15.3. The molecule has 0 spiro atoms. The molecule has 0 unspecified atom stereocenters. The highest BCUT2D eigenvalue weighted by Gasteiger charge is 2.21. The van der Waals surface area contributed by atoms with Gasteiger partial charge in [-0.2, -0.15) is 9.50 Å². The van der Waals surface area contributed by atoms with E-state index in [2.05, 4.69) is 23.8 Å². The number of aromatic nitrogens is 5. The Morgan fingerprint density at radius 3 is 2.79 bits per heavy atom. The monoisotopic (exact) mass is 325 g/mol. The molecule has 0 amide bonds. The van der Waals surface area contributed by atoms with Crippen molar-refractivity contribution >= 4 is 16.7 Å². The molecule has 24 heavy (non-hydrogen) atoms. The van der Waals surface area contributed by atoms with Gasteiger partial charge >= 0.3 is 0 Å². The maximum atomic E-state index is 12.7. The fraction of sp³-hybridized carbons (Fsp3) is 0.556. The molecule has 3 aromatic rings. The average Bonchev–Trinajstić information content (AvgIpc) is 3.02. The lowest BCUT2D eigenvalue weighted by Crippen LogP contribution is -2.22. The van der Waals surface area contributed by atoms with E-state index in [4.69, 9.17) is 5.10 Å². The SMILES string of the molecule is CC(C)Cn1ccc2c(cnc3nc(C4CCCCC4)nn32)c1=O. The molecule has 0 bridgehead atoms. The largest absolute Gasteiger partial charge is 0.315 e. The highest BCUT2D eigenvalue weighted by Crippen LogP contribution is 2.31.